The Morgan fingerprint density at radius 1 is 0.881 bits per heavy atom. The Balaban J connectivity index is 1.26. The Hall–Kier alpha value is -1.81. The molecule has 2 N–H and O–H groups in total. The highest BCUT2D eigenvalue weighted by Crippen LogP contribution is 2.67. The molecule has 0 spiro atoms. The van der Waals surface area contributed by atoms with Gasteiger partial charge in [0, 0.05) is 12.8 Å². The first kappa shape index (κ1) is 57.8. The van der Waals surface area contributed by atoms with Gasteiger partial charge in [0.1, 0.15) is 19.3 Å². The maximum Gasteiger partial charge on any atom is 0.306 e. The van der Waals surface area contributed by atoms with E-state index in [1.807, 2.05) is 27.2 Å². The quantitative estimate of drug-likeness (QED) is 0.0231. The van der Waals surface area contributed by atoms with E-state index in [1.54, 1.807) is 6.08 Å². The van der Waals surface area contributed by atoms with E-state index in [0.717, 1.165) is 56.8 Å². The first-order chi connectivity index (χ1) is 31.7. The predicted molar refractivity (Wildman–Crippen MR) is 272 cm³/mol. The number of carbonyl (C=O) groups excluding carboxylic acids is 2. The minimum absolute atomic E-state index is 0.0558. The minimum atomic E-state index is -4.70. The number of amides is 1. The second-order valence-corrected chi connectivity index (χ2v) is 24.8. The summed E-state index contributed by atoms with van der Waals surface area (Å²) in [6.45, 7) is 16.7. The average Bonchev–Trinajstić information content (AvgIpc) is 3.63. The molecule has 10 nitrogen and oxygen atoms in total. The number of hydrogen-bond donors (Lipinski definition) is 2. The van der Waals surface area contributed by atoms with Crippen LogP contribution in [0.3, 0.4) is 0 Å². The van der Waals surface area contributed by atoms with Gasteiger partial charge < -0.3 is 33.6 Å². The van der Waals surface area contributed by atoms with Crippen LogP contribution in [-0.2, 0) is 27.9 Å². The third kappa shape index (κ3) is 18.1. The number of rotatable bonds is 31. The van der Waals surface area contributed by atoms with E-state index in [1.165, 1.54) is 95.5 Å². The average molecular weight is 959 g/mol. The van der Waals surface area contributed by atoms with E-state index in [0.29, 0.717) is 46.0 Å². The normalized spacial score (nSPS) is 29.1. The minimum Gasteiger partial charge on any atom is -0.756 e. The first-order valence-corrected chi connectivity index (χ1v) is 28.8. The lowest BCUT2D eigenvalue weighted by molar-refractivity contribution is -0.870. The summed E-state index contributed by atoms with van der Waals surface area (Å²) in [6, 6.07) is -1.06. The van der Waals surface area contributed by atoms with Crippen molar-refractivity contribution in [3.05, 3.63) is 36.0 Å². The van der Waals surface area contributed by atoms with Gasteiger partial charge in [-0.05, 0) is 116 Å². The fourth-order valence-corrected chi connectivity index (χ4v) is 13.5. The van der Waals surface area contributed by atoms with Crippen LogP contribution >= 0.6 is 7.82 Å². The number of aliphatic hydroxyl groups is 1. The van der Waals surface area contributed by atoms with Gasteiger partial charge in [-0.3, -0.25) is 14.2 Å². The molecule has 386 valence electrons. The number of aliphatic hydroxyl groups excluding tert-OH is 1. The molecule has 4 aliphatic rings. The van der Waals surface area contributed by atoms with Crippen LogP contribution in [0.25, 0.3) is 0 Å². The van der Waals surface area contributed by atoms with Crippen LogP contribution in [-0.4, -0.2) is 80.6 Å². The maximum absolute atomic E-state index is 13.3. The zero-order valence-electron chi connectivity index (χ0n) is 44.2. The van der Waals surface area contributed by atoms with E-state index in [-0.39, 0.29) is 31.0 Å². The molecule has 4 unspecified atom stereocenters. The standard InChI is InChI=1S/C56H99N2O8P/c1-11-13-14-15-16-17-18-19-20-21-22-23-24-25-52(59)51(41-65-67(62,63)64-39-38-58(8,9)10)57-53(60)32-33-54(61)66-46-34-36-55(6)45(40-46)28-29-47-49-31-30-48(56(49,7)37-35-50(47)55)43(5)26-27-44(12-2)42(3)4/h24-28,42-44,46-52,59H,11-23,29-41H2,1-10H3,(H-,57,60,62,63)/b25-24+,27-26+/t43?,44-,46+,47+,48-,49+,50+,51?,52?,55+,56-/m1/s1. The van der Waals surface area contributed by atoms with Crippen molar-refractivity contribution in [2.45, 2.75) is 214 Å². The summed E-state index contributed by atoms with van der Waals surface area (Å²) in [5, 5.41) is 13.9. The second kappa shape index (κ2) is 27.7. The Morgan fingerprint density at radius 3 is 2.19 bits per heavy atom. The van der Waals surface area contributed by atoms with Crippen molar-refractivity contribution in [1.82, 2.24) is 5.32 Å². The number of phosphoric acid groups is 1. The van der Waals surface area contributed by atoms with Crippen LogP contribution in [0.5, 0.6) is 0 Å². The second-order valence-electron chi connectivity index (χ2n) is 23.4. The van der Waals surface area contributed by atoms with Gasteiger partial charge in [0.25, 0.3) is 7.82 Å². The van der Waals surface area contributed by atoms with E-state index < -0.39 is 38.5 Å². The molecule has 0 aromatic heterocycles. The van der Waals surface area contributed by atoms with Crippen LogP contribution in [0.1, 0.15) is 196 Å². The molecule has 0 aliphatic heterocycles. The molecular weight excluding hydrogens is 860 g/mol. The lowest BCUT2D eigenvalue weighted by Crippen LogP contribution is -2.51. The van der Waals surface area contributed by atoms with Crippen molar-refractivity contribution in [3.8, 4) is 0 Å². The number of nitrogens with zero attached hydrogens (tertiary/aromatic N) is 1. The number of nitrogens with one attached hydrogen (secondary N) is 1. The third-order valence-electron chi connectivity index (χ3n) is 17.1. The summed E-state index contributed by atoms with van der Waals surface area (Å²) in [5.74, 6) is 3.90. The molecule has 0 aromatic carbocycles. The van der Waals surface area contributed by atoms with E-state index in [9.17, 15) is 24.2 Å². The molecule has 11 heteroatoms. The third-order valence-corrected chi connectivity index (χ3v) is 18.1. The van der Waals surface area contributed by atoms with Crippen molar-refractivity contribution in [3.63, 3.8) is 0 Å². The topological polar surface area (TPSA) is 134 Å². The molecular formula is C56H99N2O8P. The van der Waals surface area contributed by atoms with Crippen LogP contribution in [0.4, 0.5) is 0 Å². The van der Waals surface area contributed by atoms with Gasteiger partial charge >= 0.3 is 5.97 Å². The molecule has 0 saturated heterocycles. The van der Waals surface area contributed by atoms with Gasteiger partial charge in [0.15, 0.2) is 0 Å². The number of esters is 1. The van der Waals surface area contributed by atoms with Gasteiger partial charge in [-0.1, -0.05) is 149 Å². The van der Waals surface area contributed by atoms with Gasteiger partial charge in [0.05, 0.1) is 46.3 Å². The Morgan fingerprint density at radius 2 is 1.55 bits per heavy atom. The van der Waals surface area contributed by atoms with Crippen LogP contribution in [0.2, 0.25) is 0 Å². The molecule has 12 atom stereocenters. The maximum atomic E-state index is 13.3. The number of ether oxygens (including phenoxy) is 1. The van der Waals surface area contributed by atoms with Gasteiger partial charge in [0.2, 0.25) is 5.91 Å². The van der Waals surface area contributed by atoms with Gasteiger partial charge in [-0.15, -0.1) is 0 Å². The highest BCUT2D eigenvalue weighted by atomic mass is 31.2. The zero-order valence-corrected chi connectivity index (χ0v) is 45.1. The molecule has 0 radical (unpaired) electrons. The Bertz CT molecular complexity index is 1640. The molecule has 4 rings (SSSR count). The van der Waals surface area contributed by atoms with E-state index in [2.05, 4.69) is 72.0 Å². The van der Waals surface area contributed by atoms with E-state index in [4.69, 9.17) is 13.8 Å². The van der Waals surface area contributed by atoms with Gasteiger partial charge in [-0.2, -0.15) is 0 Å². The number of carbonyl (C=O) groups is 2. The molecule has 3 saturated carbocycles. The summed E-state index contributed by atoms with van der Waals surface area (Å²) in [5.41, 5.74) is 1.97. The highest BCUT2D eigenvalue weighted by Gasteiger charge is 2.59. The first-order valence-electron chi connectivity index (χ1n) is 27.3. The van der Waals surface area contributed by atoms with Crippen LogP contribution < -0.4 is 10.2 Å². The van der Waals surface area contributed by atoms with Crippen molar-refractivity contribution in [2.75, 3.05) is 40.9 Å². The molecule has 1 amide bonds. The molecule has 4 aliphatic carbocycles. The number of unbranched alkanes of at least 4 members (excludes halogenated alkanes) is 11. The SMILES string of the molecule is CCCCCCCCCCCCC/C=C/C(O)C(COP(=O)([O-])OCC[N+](C)(C)C)NC(=O)CCC(=O)O[C@H]1CC[C@@]2(C)C(=CC[C@H]3[C@@H]4CC[C@H](C(C)/C=C/[C@@H](CC)C(C)C)[C@@]4(C)CC[C@@H]32)C1. The Kier molecular flexibility index (Phi) is 23.9. The summed E-state index contributed by atoms with van der Waals surface area (Å²) in [6.07, 6.45) is 34.0. The van der Waals surface area contributed by atoms with Gasteiger partial charge in [-0.25, -0.2) is 0 Å². The summed E-state index contributed by atoms with van der Waals surface area (Å²) < 4.78 is 29.5. The van der Waals surface area contributed by atoms with Crippen LogP contribution in [0.15, 0.2) is 36.0 Å². The summed E-state index contributed by atoms with van der Waals surface area (Å²) >= 11 is 0. The van der Waals surface area contributed by atoms with Crippen molar-refractivity contribution in [2.24, 2.45) is 52.3 Å². The zero-order chi connectivity index (χ0) is 49.3. The summed E-state index contributed by atoms with van der Waals surface area (Å²) in [4.78, 5) is 39.2. The number of quaternary nitrogens is 1. The number of likely N-dealkylation sites (N-methyl/N-ethyl adjacent to an activating group) is 1. The lowest BCUT2D eigenvalue weighted by Gasteiger charge is -2.58. The largest absolute Gasteiger partial charge is 0.756 e. The van der Waals surface area contributed by atoms with Crippen LogP contribution in [0, 0.1) is 52.3 Å². The van der Waals surface area contributed by atoms with Crippen molar-refractivity contribution < 1.29 is 42.4 Å². The Labute approximate surface area is 409 Å². The molecule has 0 bridgehead atoms. The van der Waals surface area contributed by atoms with E-state index >= 15 is 0 Å². The highest BCUT2D eigenvalue weighted by molar-refractivity contribution is 7.45. The van der Waals surface area contributed by atoms with Crippen molar-refractivity contribution in [1.29, 1.82) is 0 Å². The molecule has 0 aromatic rings. The number of fused-ring (bicyclic) bond motifs is 5. The molecule has 67 heavy (non-hydrogen) atoms. The molecule has 3 fully saturated rings. The fraction of sp³-hybridized carbons (Fsp3) is 0.857. The fourth-order valence-electron chi connectivity index (χ4n) is 12.8. The predicted octanol–water partition coefficient (Wildman–Crippen LogP) is 12.4. The molecule has 0 heterocycles. The number of phosphoric ester groups is 1. The number of allylic oxidation sites excluding steroid dienone is 4. The smallest absolute Gasteiger partial charge is 0.306 e. The van der Waals surface area contributed by atoms with Crippen molar-refractivity contribution >= 4 is 19.7 Å². The monoisotopic (exact) mass is 959 g/mol. The summed E-state index contributed by atoms with van der Waals surface area (Å²) in [7, 11) is 1.08. The lowest BCUT2D eigenvalue weighted by atomic mass is 9.47. The number of hydrogen-bond acceptors (Lipinski definition) is 8.